The summed E-state index contributed by atoms with van der Waals surface area (Å²) in [6.07, 6.45) is 9.59. The van der Waals surface area contributed by atoms with Gasteiger partial charge in [-0.3, -0.25) is 5.32 Å². The van der Waals surface area contributed by atoms with Crippen LogP contribution in [0.1, 0.15) is 79.6 Å². The Kier molecular flexibility index (Phi) is 5.99. The number of carbonyl (C=O) groups is 2. The van der Waals surface area contributed by atoms with Gasteiger partial charge in [-0.25, -0.2) is 9.59 Å². The molecule has 0 spiro atoms. The number of hydrogen-bond acceptors (Lipinski definition) is 4. The van der Waals surface area contributed by atoms with Crippen LogP contribution in [0, 0.1) is 0 Å². The standard InChI is InChI=1S/C19H28N2O3S/c1-12(2)24-18(22)16-14-10-6-7-11-15(14)25-17(16)21-19(23)20-13-8-4-3-5-9-13/h12-13H,3-11H2,1-2H3,(H2,20,21,23). The van der Waals surface area contributed by atoms with Gasteiger partial charge in [0.1, 0.15) is 5.00 Å². The molecule has 0 saturated heterocycles. The van der Waals surface area contributed by atoms with Crippen LogP contribution < -0.4 is 10.6 Å². The van der Waals surface area contributed by atoms with Crippen LogP contribution in [-0.4, -0.2) is 24.1 Å². The topological polar surface area (TPSA) is 67.4 Å². The summed E-state index contributed by atoms with van der Waals surface area (Å²) in [5, 5.41) is 6.64. The minimum absolute atomic E-state index is 0.171. The number of amides is 2. The van der Waals surface area contributed by atoms with Gasteiger partial charge >= 0.3 is 12.0 Å². The van der Waals surface area contributed by atoms with Crippen LogP contribution in [0.2, 0.25) is 0 Å². The first kappa shape index (κ1) is 18.2. The Balaban J connectivity index is 1.76. The molecule has 1 saturated carbocycles. The molecule has 0 atom stereocenters. The Morgan fingerprint density at radius 2 is 1.80 bits per heavy atom. The molecule has 2 aliphatic rings. The molecule has 1 aromatic heterocycles. The third kappa shape index (κ3) is 4.54. The highest BCUT2D eigenvalue weighted by Gasteiger charge is 2.28. The molecule has 2 amide bonds. The Labute approximate surface area is 153 Å². The van der Waals surface area contributed by atoms with Crippen molar-refractivity contribution in [1.29, 1.82) is 0 Å². The average Bonchev–Trinajstić information content (AvgIpc) is 2.92. The molecule has 6 heteroatoms. The second-order valence-corrected chi connectivity index (χ2v) is 8.41. The number of anilines is 1. The SMILES string of the molecule is CC(C)OC(=O)c1c(NC(=O)NC2CCCCC2)sc2c1CCCC2. The fraction of sp³-hybridized carbons (Fsp3) is 0.684. The van der Waals surface area contributed by atoms with Crippen molar-refractivity contribution >= 4 is 28.3 Å². The number of carbonyl (C=O) groups excluding carboxylic acids is 2. The third-order valence-corrected chi connectivity index (χ3v) is 6.09. The zero-order valence-corrected chi connectivity index (χ0v) is 16.0. The van der Waals surface area contributed by atoms with Crippen LogP contribution in [0.25, 0.3) is 0 Å². The number of aryl methyl sites for hydroxylation is 1. The van der Waals surface area contributed by atoms with Crippen molar-refractivity contribution in [1.82, 2.24) is 5.32 Å². The summed E-state index contributed by atoms with van der Waals surface area (Å²) < 4.78 is 5.43. The maximum Gasteiger partial charge on any atom is 0.341 e. The fourth-order valence-corrected chi connectivity index (χ4v) is 4.99. The smallest absolute Gasteiger partial charge is 0.341 e. The van der Waals surface area contributed by atoms with Gasteiger partial charge in [0.2, 0.25) is 0 Å². The van der Waals surface area contributed by atoms with E-state index in [0.29, 0.717) is 10.6 Å². The van der Waals surface area contributed by atoms with Crippen LogP contribution in [0.3, 0.4) is 0 Å². The first-order chi connectivity index (χ1) is 12.0. The zero-order valence-electron chi connectivity index (χ0n) is 15.2. The summed E-state index contributed by atoms with van der Waals surface area (Å²) in [7, 11) is 0. The summed E-state index contributed by atoms with van der Waals surface area (Å²) in [5.74, 6) is -0.317. The van der Waals surface area contributed by atoms with Gasteiger partial charge in [-0.15, -0.1) is 11.3 Å². The van der Waals surface area contributed by atoms with E-state index in [1.807, 2.05) is 13.8 Å². The minimum Gasteiger partial charge on any atom is -0.459 e. The molecule has 1 fully saturated rings. The number of fused-ring (bicyclic) bond motifs is 1. The number of urea groups is 1. The Morgan fingerprint density at radius 3 is 2.52 bits per heavy atom. The highest BCUT2D eigenvalue weighted by Crippen LogP contribution is 2.38. The first-order valence-corrected chi connectivity index (χ1v) is 10.3. The van der Waals surface area contributed by atoms with Crippen molar-refractivity contribution in [3.05, 3.63) is 16.0 Å². The predicted octanol–water partition coefficient (Wildman–Crippen LogP) is 4.65. The molecule has 0 aliphatic heterocycles. The highest BCUT2D eigenvalue weighted by molar-refractivity contribution is 7.17. The molecule has 2 N–H and O–H groups in total. The molecule has 3 rings (SSSR count). The van der Waals surface area contributed by atoms with E-state index < -0.39 is 0 Å². The van der Waals surface area contributed by atoms with Crippen LogP contribution in [-0.2, 0) is 17.6 Å². The van der Waals surface area contributed by atoms with Gasteiger partial charge < -0.3 is 10.1 Å². The minimum atomic E-state index is -0.317. The highest BCUT2D eigenvalue weighted by atomic mass is 32.1. The van der Waals surface area contributed by atoms with Crippen LogP contribution in [0.4, 0.5) is 9.80 Å². The van der Waals surface area contributed by atoms with E-state index in [9.17, 15) is 9.59 Å². The first-order valence-electron chi connectivity index (χ1n) is 9.47. The molecule has 25 heavy (non-hydrogen) atoms. The number of esters is 1. The molecule has 1 heterocycles. The maximum absolute atomic E-state index is 12.6. The van der Waals surface area contributed by atoms with E-state index in [1.54, 1.807) is 0 Å². The Morgan fingerprint density at radius 1 is 1.08 bits per heavy atom. The summed E-state index contributed by atoms with van der Waals surface area (Å²) in [4.78, 5) is 26.2. The number of thiophene rings is 1. The molecule has 2 aliphatic carbocycles. The van der Waals surface area contributed by atoms with E-state index in [1.165, 1.54) is 35.5 Å². The van der Waals surface area contributed by atoms with Gasteiger partial charge in [0.25, 0.3) is 0 Å². The predicted molar refractivity (Wildman–Crippen MR) is 101 cm³/mol. The lowest BCUT2D eigenvalue weighted by Crippen LogP contribution is -2.39. The second-order valence-electron chi connectivity index (χ2n) is 7.30. The number of nitrogens with one attached hydrogen (secondary N) is 2. The lowest BCUT2D eigenvalue weighted by Gasteiger charge is -2.22. The number of hydrogen-bond donors (Lipinski definition) is 2. The number of ether oxygens (including phenoxy) is 1. The van der Waals surface area contributed by atoms with Gasteiger partial charge in [0, 0.05) is 10.9 Å². The van der Waals surface area contributed by atoms with Crippen LogP contribution in [0.5, 0.6) is 0 Å². The average molecular weight is 365 g/mol. The fourth-order valence-electron chi connectivity index (χ4n) is 3.71. The molecule has 0 bridgehead atoms. The normalized spacial score (nSPS) is 17.9. The Bertz CT molecular complexity index is 633. The van der Waals surface area contributed by atoms with Crippen molar-refractivity contribution in [2.24, 2.45) is 0 Å². The summed E-state index contributed by atoms with van der Waals surface area (Å²) >= 11 is 1.53. The van der Waals surface area contributed by atoms with Gasteiger partial charge in [-0.05, 0) is 57.9 Å². The van der Waals surface area contributed by atoms with E-state index in [4.69, 9.17) is 4.74 Å². The number of rotatable bonds is 4. The van der Waals surface area contributed by atoms with Gasteiger partial charge in [-0.1, -0.05) is 19.3 Å². The van der Waals surface area contributed by atoms with Crippen LogP contribution in [0.15, 0.2) is 0 Å². The van der Waals surface area contributed by atoms with Gasteiger partial charge in [0.05, 0.1) is 11.7 Å². The molecular weight excluding hydrogens is 336 g/mol. The van der Waals surface area contributed by atoms with Crippen molar-refractivity contribution < 1.29 is 14.3 Å². The quantitative estimate of drug-likeness (QED) is 0.765. The van der Waals surface area contributed by atoms with Crippen LogP contribution >= 0.6 is 11.3 Å². The second kappa shape index (κ2) is 8.21. The lowest BCUT2D eigenvalue weighted by molar-refractivity contribution is 0.0378. The van der Waals surface area contributed by atoms with Crippen molar-refractivity contribution in [2.45, 2.75) is 83.8 Å². The summed E-state index contributed by atoms with van der Waals surface area (Å²) in [6.45, 7) is 3.69. The molecular formula is C19H28N2O3S. The lowest BCUT2D eigenvalue weighted by atomic mass is 9.95. The summed E-state index contributed by atoms with van der Waals surface area (Å²) in [6, 6.07) is 0.0403. The van der Waals surface area contributed by atoms with Crippen molar-refractivity contribution in [3.8, 4) is 0 Å². The molecule has 0 unspecified atom stereocenters. The monoisotopic (exact) mass is 364 g/mol. The molecule has 0 radical (unpaired) electrons. The third-order valence-electron chi connectivity index (χ3n) is 4.89. The Hall–Kier alpha value is -1.56. The summed E-state index contributed by atoms with van der Waals surface area (Å²) in [5.41, 5.74) is 1.65. The molecule has 5 nitrogen and oxygen atoms in total. The van der Waals surface area contributed by atoms with Crippen molar-refractivity contribution in [2.75, 3.05) is 5.32 Å². The molecule has 0 aromatic carbocycles. The molecule has 1 aromatic rings. The van der Waals surface area contributed by atoms with Gasteiger partial charge in [-0.2, -0.15) is 0 Å². The largest absolute Gasteiger partial charge is 0.459 e. The van der Waals surface area contributed by atoms with E-state index in [0.717, 1.165) is 44.1 Å². The van der Waals surface area contributed by atoms with E-state index in [-0.39, 0.29) is 24.1 Å². The zero-order chi connectivity index (χ0) is 17.8. The van der Waals surface area contributed by atoms with E-state index >= 15 is 0 Å². The molecule has 138 valence electrons. The maximum atomic E-state index is 12.6. The van der Waals surface area contributed by atoms with E-state index in [2.05, 4.69) is 10.6 Å². The van der Waals surface area contributed by atoms with Gasteiger partial charge in [0.15, 0.2) is 0 Å². The van der Waals surface area contributed by atoms with Crippen molar-refractivity contribution in [3.63, 3.8) is 0 Å².